The summed E-state index contributed by atoms with van der Waals surface area (Å²) in [5, 5.41) is 10.2. The number of carboxylic acids is 1. The van der Waals surface area contributed by atoms with E-state index in [0.717, 1.165) is 35.0 Å². The van der Waals surface area contributed by atoms with E-state index >= 15 is 0 Å². The molecule has 18 heavy (non-hydrogen) atoms. The summed E-state index contributed by atoms with van der Waals surface area (Å²) in [5.74, 6) is -0.877. The van der Waals surface area contributed by atoms with Gasteiger partial charge in [-0.3, -0.25) is 0 Å². The lowest BCUT2D eigenvalue weighted by molar-refractivity contribution is 0.0697. The standard InChI is InChI=1S/C14H18N2O2/c1-3-10-6-11(14(17)18)7-12-9(2)8-16(5-4-15)13(10)12/h6-8H,3-5,15H2,1-2H3,(H,17,18). The molecule has 0 bridgehead atoms. The average molecular weight is 246 g/mol. The maximum atomic E-state index is 11.1. The predicted octanol–water partition coefficient (Wildman–Crippen LogP) is 2.17. The number of aryl methyl sites for hydroxylation is 2. The van der Waals surface area contributed by atoms with Gasteiger partial charge in [0, 0.05) is 24.7 Å². The van der Waals surface area contributed by atoms with E-state index in [1.807, 2.05) is 20.0 Å². The molecule has 1 aromatic carbocycles. The molecule has 0 aliphatic carbocycles. The van der Waals surface area contributed by atoms with Crippen LogP contribution in [0.15, 0.2) is 18.3 Å². The Morgan fingerprint density at radius 3 is 2.72 bits per heavy atom. The zero-order valence-corrected chi connectivity index (χ0v) is 10.7. The third kappa shape index (κ3) is 1.99. The number of aromatic nitrogens is 1. The van der Waals surface area contributed by atoms with Gasteiger partial charge in [-0.1, -0.05) is 6.92 Å². The Labute approximate surface area is 106 Å². The molecule has 0 unspecified atom stereocenters. The molecule has 0 saturated carbocycles. The predicted molar refractivity (Wildman–Crippen MR) is 72.1 cm³/mol. The van der Waals surface area contributed by atoms with E-state index in [0.29, 0.717) is 12.1 Å². The van der Waals surface area contributed by atoms with Crippen LogP contribution in [0.3, 0.4) is 0 Å². The van der Waals surface area contributed by atoms with Crippen molar-refractivity contribution in [2.45, 2.75) is 26.8 Å². The van der Waals surface area contributed by atoms with Crippen LogP contribution in [0.25, 0.3) is 10.9 Å². The first-order valence-electron chi connectivity index (χ1n) is 6.14. The largest absolute Gasteiger partial charge is 0.478 e. The van der Waals surface area contributed by atoms with Gasteiger partial charge in [0.15, 0.2) is 0 Å². The zero-order chi connectivity index (χ0) is 13.3. The summed E-state index contributed by atoms with van der Waals surface area (Å²) in [6, 6.07) is 3.51. The molecule has 4 nitrogen and oxygen atoms in total. The Bertz CT molecular complexity index is 599. The van der Waals surface area contributed by atoms with Crippen molar-refractivity contribution < 1.29 is 9.90 Å². The van der Waals surface area contributed by atoms with Crippen LogP contribution in [0.4, 0.5) is 0 Å². The Morgan fingerprint density at radius 1 is 1.44 bits per heavy atom. The average Bonchev–Trinajstić information content (AvgIpc) is 2.66. The second-order valence-corrected chi connectivity index (χ2v) is 4.48. The molecule has 2 rings (SSSR count). The number of carboxylic acid groups (broad SMARTS) is 1. The topological polar surface area (TPSA) is 68.2 Å². The quantitative estimate of drug-likeness (QED) is 0.868. The molecule has 0 saturated heterocycles. The van der Waals surface area contributed by atoms with E-state index in [-0.39, 0.29) is 0 Å². The van der Waals surface area contributed by atoms with Crippen molar-refractivity contribution in [2.75, 3.05) is 6.54 Å². The number of nitrogens with zero attached hydrogens (tertiary/aromatic N) is 1. The fourth-order valence-corrected chi connectivity index (χ4v) is 2.41. The van der Waals surface area contributed by atoms with Crippen LogP contribution >= 0.6 is 0 Å². The third-order valence-corrected chi connectivity index (χ3v) is 3.25. The van der Waals surface area contributed by atoms with Crippen molar-refractivity contribution in [1.82, 2.24) is 4.57 Å². The van der Waals surface area contributed by atoms with Gasteiger partial charge in [0.25, 0.3) is 0 Å². The van der Waals surface area contributed by atoms with Gasteiger partial charge in [0.2, 0.25) is 0 Å². The highest BCUT2D eigenvalue weighted by molar-refractivity contribution is 5.96. The number of aromatic carboxylic acids is 1. The van der Waals surface area contributed by atoms with Gasteiger partial charge in [-0.15, -0.1) is 0 Å². The van der Waals surface area contributed by atoms with Crippen LogP contribution in [0, 0.1) is 6.92 Å². The Morgan fingerprint density at radius 2 is 2.17 bits per heavy atom. The Hall–Kier alpha value is -1.81. The third-order valence-electron chi connectivity index (χ3n) is 3.25. The lowest BCUT2D eigenvalue weighted by Crippen LogP contribution is -2.09. The number of benzene rings is 1. The molecule has 0 aliphatic heterocycles. The molecule has 3 N–H and O–H groups in total. The van der Waals surface area contributed by atoms with Crippen molar-refractivity contribution in [3.8, 4) is 0 Å². The van der Waals surface area contributed by atoms with Crippen LogP contribution in [0.1, 0.15) is 28.4 Å². The van der Waals surface area contributed by atoms with Crippen molar-refractivity contribution in [3.05, 3.63) is 35.0 Å². The molecule has 1 aromatic heterocycles. The normalized spacial score (nSPS) is 11.1. The highest BCUT2D eigenvalue weighted by Gasteiger charge is 2.13. The lowest BCUT2D eigenvalue weighted by atomic mass is 10.0. The van der Waals surface area contributed by atoms with Crippen LogP contribution in [0.2, 0.25) is 0 Å². The van der Waals surface area contributed by atoms with E-state index < -0.39 is 5.97 Å². The Kier molecular flexibility index (Phi) is 3.39. The lowest BCUT2D eigenvalue weighted by Gasteiger charge is -2.08. The molecule has 2 aromatic rings. The van der Waals surface area contributed by atoms with Gasteiger partial charge in [0.05, 0.1) is 11.1 Å². The summed E-state index contributed by atoms with van der Waals surface area (Å²) in [6.45, 7) is 5.37. The molecule has 0 amide bonds. The van der Waals surface area contributed by atoms with Crippen molar-refractivity contribution in [1.29, 1.82) is 0 Å². The number of nitrogens with two attached hydrogens (primary N) is 1. The monoisotopic (exact) mass is 246 g/mol. The van der Waals surface area contributed by atoms with Gasteiger partial charge < -0.3 is 15.4 Å². The van der Waals surface area contributed by atoms with Crippen molar-refractivity contribution >= 4 is 16.9 Å². The number of carbonyl (C=O) groups is 1. The fraction of sp³-hybridized carbons (Fsp3) is 0.357. The highest BCUT2D eigenvalue weighted by Crippen LogP contribution is 2.26. The van der Waals surface area contributed by atoms with Gasteiger partial charge in [-0.25, -0.2) is 4.79 Å². The summed E-state index contributed by atoms with van der Waals surface area (Å²) in [6.07, 6.45) is 2.86. The number of fused-ring (bicyclic) bond motifs is 1. The minimum Gasteiger partial charge on any atom is -0.478 e. The molecule has 0 radical (unpaired) electrons. The molecular weight excluding hydrogens is 228 g/mol. The molecular formula is C14H18N2O2. The first-order valence-corrected chi connectivity index (χ1v) is 6.14. The maximum Gasteiger partial charge on any atom is 0.335 e. The molecule has 0 fully saturated rings. The van der Waals surface area contributed by atoms with Crippen molar-refractivity contribution in [3.63, 3.8) is 0 Å². The molecule has 0 aliphatic rings. The summed E-state index contributed by atoms with van der Waals surface area (Å²) < 4.78 is 2.12. The number of hydrogen-bond donors (Lipinski definition) is 2. The minimum absolute atomic E-state index is 0.355. The number of hydrogen-bond acceptors (Lipinski definition) is 2. The summed E-state index contributed by atoms with van der Waals surface area (Å²) in [7, 11) is 0. The SMILES string of the molecule is CCc1cc(C(=O)O)cc2c(C)cn(CCN)c12. The van der Waals surface area contributed by atoms with Gasteiger partial charge >= 0.3 is 5.97 Å². The summed E-state index contributed by atoms with van der Waals surface area (Å²) in [5.41, 5.74) is 9.24. The van der Waals surface area contributed by atoms with Crippen molar-refractivity contribution in [2.24, 2.45) is 5.73 Å². The van der Waals surface area contributed by atoms with Gasteiger partial charge in [-0.2, -0.15) is 0 Å². The van der Waals surface area contributed by atoms with E-state index in [1.54, 1.807) is 12.1 Å². The maximum absolute atomic E-state index is 11.1. The molecule has 0 atom stereocenters. The fourth-order valence-electron chi connectivity index (χ4n) is 2.41. The Balaban J connectivity index is 2.76. The molecule has 4 heteroatoms. The molecule has 0 spiro atoms. The summed E-state index contributed by atoms with van der Waals surface area (Å²) in [4.78, 5) is 11.1. The minimum atomic E-state index is -0.877. The zero-order valence-electron chi connectivity index (χ0n) is 10.7. The van der Waals surface area contributed by atoms with E-state index in [4.69, 9.17) is 10.8 Å². The molecule has 96 valence electrons. The highest BCUT2D eigenvalue weighted by atomic mass is 16.4. The summed E-state index contributed by atoms with van der Waals surface area (Å²) >= 11 is 0. The first kappa shape index (κ1) is 12.6. The van der Waals surface area contributed by atoms with E-state index in [2.05, 4.69) is 4.57 Å². The van der Waals surface area contributed by atoms with Crippen LogP contribution in [-0.4, -0.2) is 22.2 Å². The second kappa shape index (κ2) is 4.82. The van der Waals surface area contributed by atoms with Crippen LogP contribution in [0.5, 0.6) is 0 Å². The smallest absolute Gasteiger partial charge is 0.335 e. The van der Waals surface area contributed by atoms with Crippen LogP contribution in [-0.2, 0) is 13.0 Å². The van der Waals surface area contributed by atoms with E-state index in [9.17, 15) is 4.79 Å². The second-order valence-electron chi connectivity index (χ2n) is 4.48. The number of rotatable bonds is 4. The first-order chi connectivity index (χ1) is 8.58. The van der Waals surface area contributed by atoms with Gasteiger partial charge in [-0.05, 0) is 36.6 Å². The van der Waals surface area contributed by atoms with Crippen LogP contribution < -0.4 is 5.73 Å². The van der Waals surface area contributed by atoms with E-state index in [1.165, 1.54) is 0 Å². The molecule has 1 heterocycles. The van der Waals surface area contributed by atoms with Gasteiger partial charge in [0.1, 0.15) is 0 Å².